The summed E-state index contributed by atoms with van der Waals surface area (Å²) in [5.41, 5.74) is 2.44. The van der Waals surface area contributed by atoms with Gasteiger partial charge in [0.05, 0.1) is 0 Å². The minimum atomic E-state index is -0.859. The van der Waals surface area contributed by atoms with Crippen LogP contribution in [0.15, 0.2) is 11.6 Å². The van der Waals surface area contributed by atoms with Gasteiger partial charge in [-0.3, -0.25) is 9.59 Å². The maximum absolute atomic E-state index is 12.1. The van der Waals surface area contributed by atoms with Crippen molar-refractivity contribution in [2.45, 2.75) is 91.4 Å². The van der Waals surface area contributed by atoms with Gasteiger partial charge in [-0.1, -0.05) is 51.2 Å². The van der Waals surface area contributed by atoms with Crippen molar-refractivity contribution in [3.05, 3.63) is 11.6 Å². The van der Waals surface area contributed by atoms with Crippen molar-refractivity contribution in [3.8, 4) is 12.3 Å². The lowest BCUT2D eigenvalue weighted by Crippen LogP contribution is -2.49. The van der Waals surface area contributed by atoms with Gasteiger partial charge in [-0.15, -0.1) is 6.42 Å². The predicted molar refractivity (Wildman–Crippen MR) is 123 cm³/mol. The second-order valence-electron chi connectivity index (χ2n) is 11.7. The van der Waals surface area contributed by atoms with Crippen LogP contribution >= 0.6 is 0 Å². The zero-order chi connectivity index (χ0) is 22.4. The molecule has 4 aliphatic carbocycles. The molecule has 0 radical (unpaired) electrons. The fourth-order valence-electron chi connectivity index (χ4n) is 8.40. The van der Waals surface area contributed by atoms with Crippen LogP contribution in [0.3, 0.4) is 0 Å². The third kappa shape index (κ3) is 3.79. The summed E-state index contributed by atoms with van der Waals surface area (Å²) in [6, 6.07) is 0. The molecule has 31 heavy (non-hydrogen) atoms. The Hall–Kier alpha value is -1.56. The molecule has 4 rings (SSSR count). The molecule has 4 unspecified atom stereocenters. The van der Waals surface area contributed by atoms with Gasteiger partial charge < -0.3 is 5.11 Å². The highest BCUT2D eigenvalue weighted by Gasteiger charge is 2.58. The van der Waals surface area contributed by atoms with Gasteiger partial charge in [0, 0.05) is 12.8 Å². The number of aliphatic carboxylic acids is 1. The Labute approximate surface area is 188 Å². The van der Waals surface area contributed by atoms with Crippen LogP contribution in [-0.4, -0.2) is 16.9 Å². The average molecular weight is 425 g/mol. The van der Waals surface area contributed by atoms with Crippen molar-refractivity contribution in [1.82, 2.24) is 0 Å². The minimum Gasteiger partial charge on any atom is -0.480 e. The lowest BCUT2D eigenvalue weighted by atomic mass is 9.47. The maximum Gasteiger partial charge on any atom is 0.318 e. The van der Waals surface area contributed by atoms with Crippen molar-refractivity contribution in [1.29, 1.82) is 0 Å². The Bertz CT molecular complexity index is 804. The maximum atomic E-state index is 12.1. The monoisotopic (exact) mass is 424 g/mol. The van der Waals surface area contributed by atoms with Crippen molar-refractivity contribution >= 4 is 11.8 Å². The highest BCUT2D eigenvalue weighted by atomic mass is 16.4. The number of ketones is 1. The molecule has 8 atom stereocenters. The number of carbonyl (C=O) groups is 2. The van der Waals surface area contributed by atoms with Crippen LogP contribution in [0.2, 0.25) is 0 Å². The summed E-state index contributed by atoms with van der Waals surface area (Å²) in [6.07, 6.45) is 19.5. The molecule has 0 aromatic heterocycles. The topological polar surface area (TPSA) is 54.4 Å². The quantitative estimate of drug-likeness (QED) is 0.403. The third-order valence-corrected chi connectivity index (χ3v) is 10.3. The van der Waals surface area contributed by atoms with Gasteiger partial charge in [-0.2, -0.15) is 0 Å². The van der Waals surface area contributed by atoms with Gasteiger partial charge in [0.2, 0.25) is 0 Å². The molecule has 0 saturated heterocycles. The normalized spacial score (nSPS) is 41.2. The first kappa shape index (κ1) is 22.6. The van der Waals surface area contributed by atoms with Crippen LogP contribution in [0.4, 0.5) is 0 Å². The van der Waals surface area contributed by atoms with E-state index in [2.05, 4.69) is 32.8 Å². The van der Waals surface area contributed by atoms with Crippen molar-refractivity contribution < 1.29 is 14.7 Å². The van der Waals surface area contributed by atoms with Crippen molar-refractivity contribution in [3.63, 3.8) is 0 Å². The third-order valence-electron chi connectivity index (χ3n) is 10.3. The molecular formula is C28H40O3. The molecule has 3 fully saturated rings. The van der Waals surface area contributed by atoms with Gasteiger partial charge in [0.15, 0.2) is 0 Å². The minimum absolute atomic E-state index is 0.324. The number of carboxylic acid groups (broad SMARTS) is 1. The number of fused-ring (bicyclic) bond motifs is 5. The average Bonchev–Trinajstić information content (AvgIpc) is 3.08. The van der Waals surface area contributed by atoms with Crippen molar-refractivity contribution in [2.75, 3.05) is 0 Å². The van der Waals surface area contributed by atoms with Gasteiger partial charge >= 0.3 is 5.97 Å². The van der Waals surface area contributed by atoms with Crippen molar-refractivity contribution in [2.24, 2.45) is 46.3 Å². The lowest BCUT2D eigenvalue weighted by Gasteiger charge is -2.57. The summed E-state index contributed by atoms with van der Waals surface area (Å²) in [6.45, 7) is 7.42. The number of rotatable bonds is 6. The van der Waals surface area contributed by atoms with E-state index in [1.54, 1.807) is 5.57 Å². The molecule has 0 bridgehead atoms. The molecule has 170 valence electrons. The lowest BCUT2D eigenvalue weighted by molar-refractivity contribution is -0.140. The summed E-state index contributed by atoms with van der Waals surface area (Å²) >= 11 is 0. The number of hydrogen-bond donors (Lipinski definition) is 1. The molecule has 0 amide bonds. The van der Waals surface area contributed by atoms with E-state index >= 15 is 0 Å². The second-order valence-corrected chi connectivity index (χ2v) is 11.7. The Morgan fingerprint density at radius 1 is 1.19 bits per heavy atom. The Balaban J connectivity index is 1.45. The molecule has 3 nitrogen and oxygen atoms in total. The largest absolute Gasteiger partial charge is 0.480 e. The van der Waals surface area contributed by atoms with E-state index in [0.29, 0.717) is 52.6 Å². The zero-order valence-electron chi connectivity index (χ0n) is 19.7. The number of hydrogen-bond acceptors (Lipinski definition) is 2. The molecule has 4 aliphatic rings. The molecule has 0 aromatic carbocycles. The van der Waals surface area contributed by atoms with E-state index < -0.39 is 11.9 Å². The first-order valence-electron chi connectivity index (χ1n) is 12.6. The highest BCUT2D eigenvalue weighted by molar-refractivity contribution is 5.79. The van der Waals surface area contributed by atoms with E-state index in [0.717, 1.165) is 38.5 Å². The summed E-state index contributed by atoms with van der Waals surface area (Å²) in [5, 5.41) is 9.21. The molecule has 1 N–H and O–H groups in total. The van der Waals surface area contributed by atoms with Crippen LogP contribution in [0.25, 0.3) is 0 Å². The molecule has 0 aliphatic heterocycles. The van der Waals surface area contributed by atoms with Crippen LogP contribution in [0.5, 0.6) is 0 Å². The molecule has 0 heterocycles. The number of carbonyl (C=O) groups excluding carboxylic acids is 1. The van der Waals surface area contributed by atoms with E-state index in [9.17, 15) is 14.7 Å². The molecule has 0 spiro atoms. The fourth-order valence-corrected chi connectivity index (χ4v) is 8.40. The summed E-state index contributed by atoms with van der Waals surface area (Å²) < 4.78 is 0. The summed E-state index contributed by atoms with van der Waals surface area (Å²) in [7, 11) is 0. The highest BCUT2D eigenvalue weighted by Crippen LogP contribution is 2.66. The first-order chi connectivity index (χ1) is 14.7. The number of Topliss-reactive ketones (excluding diaryl/α,β-unsaturated/α-hetero) is 1. The fraction of sp³-hybridized carbons (Fsp3) is 0.786. The summed E-state index contributed by atoms with van der Waals surface area (Å²) in [5.74, 6) is 4.67. The number of allylic oxidation sites excluding steroid dienone is 2. The first-order valence-corrected chi connectivity index (χ1v) is 12.6. The predicted octanol–water partition coefficient (Wildman–Crippen LogP) is 6.27. The SMILES string of the molecule is C#C[C@H](CCCC(C)[C@H]1CCC2C3=CC[C@H]4CC(=O)CCC4(C)C3CC[C@@]21C)C(=O)O. The molecule has 3 heteroatoms. The van der Waals surface area contributed by atoms with Crippen LogP contribution < -0.4 is 0 Å². The standard InChI is InChI=1S/C28H40O3/c1-5-19(26(30)31)8-6-7-18(2)23-11-12-24-22-10-9-20-17-21(29)13-15-27(20,3)25(22)14-16-28(23,24)4/h1,10,18-20,23-25H,6-9,11-17H2,2-4H3,(H,30,31)/t18?,19-,20+,23-,24?,25?,27?,28-/m1/s1. The molecular weight excluding hydrogens is 384 g/mol. The number of carboxylic acids is 1. The smallest absolute Gasteiger partial charge is 0.318 e. The van der Waals surface area contributed by atoms with E-state index in [-0.39, 0.29) is 0 Å². The van der Waals surface area contributed by atoms with Crippen LogP contribution in [0, 0.1) is 58.7 Å². The molecule has 0 aromatic rings. The Kier molecular flexibility index (Phi) is 6.14. The van der Waals surface area contributed by atoms with E-state index in [4.69, 9.17) is 6.42 Å². The molecule has 3 saturated carbocycles. The van der Waals surface area contributed by atoms with E-state index in [1.807, 2.05) is 0 Å². The van der Waals surface area contributed by atoms with Gasteiger partial charge in [0.1, 0.15) is 11.7 Å². The van der Waals surface area contributed by atoms with Gasteiger partial charge in [0.25, 0.3) is 0 Å². The van der Waals surface area contributed by atoms with Gasteiger partial charge in [-0.05, 0) is 85.4 Å². The Morgan fingerprint density at radius 3 is 2.65 bits per heavy atom. The number of terminal acetylenes is 1. The Morgan fingerprint density at radius 2 is 1.94 bits per heavy atom. The second kappa shape index (κ2) is 8.42. The summed E-state index contributed by atoms with van der Waals surface area (Å²) in [4.78, 5) is 23.3. The van der Waals surface area contributed by atoms with E-state index in [1.165, 1.54) is 25.7 Å². The zero-order valence-corrected chi connectivity index (χ0v) is 19.7. The van der Waals surface area contributed by atoms with Crippen LogP contribution in [0.1, 0.15) is 91.4 Å². The van der Waals surface area contributed by atoms with Gasteiger partial charge in [-0.25, -0.2) is 0 Å². The van der Waals surface area contributed by atoms with Crippen LogP contribution in [-0.2, 0) is 9.59 Å².